The normalized spacial score (nSPS) is 17.8. The minimum Gasteiger partial charge on any atom is -0.465 e. The summed E-state index contributed by atoms with van der Waals surface area (Å²) in [5.74, 6) is -0.756. The lowest BCUT2D eigenvalue weighted by Crippen LogP contribution is -2.36. The molecule has 11 heteroatoms. The van der Waals surface area contributed by atoms with E-state index in [2.05, 4.69) is 36.5 Å². The molecule has 170 valence electrons. The van der Waals surface area contributed by atoms with Crippen LogP contribution < -0.4 is 21.3 Å². The predicted octanol–water partition coefficient (Wildman–Crippen LogP) is -1.68. The minimum atomic E-state index is -0.453. The average Bonchev–Trinajstić information content (AvgIpc) is 3.16. The number of hydrogen-bond donors (Lipinski definition) is 4. The Balaban J connectivity index is 1.77. The standard InChI is InChI=1S/C19H36N8O3/c1-2-30-19(29)13-23-18(28)16-27-15-17(24-25-27)14-26-11-4-7-21-9-8-20-5-3-6-22-10-12-26/h15,20-22H,2-14,16H2,1H3,(H,23,28). The first kappa shape index (κ1) is 24.2. The number of ether oxygens (including phenoxy) is 1. The fourth-order valence-corrected chi connectivity index (χ4v) is 3.13. The van der Waals surface area contributed by atoms with Crippen LogP contribution in [0.2, 0.25) is 0 Å². The second-order valence-electron chi connectivity index (χ2n) is 7.22. The van der Waals surface area contributed by atoms with Crippen LogP contribution in [0, 0.1) is 0 Å². The van der Waals surface area contributed by atoms with Crippen molar-refractivity contribution in [1.29, 1.82) is 0 Å². The Morgan fingerprint density at radius 3 is 2.57 bits per heavy atom. The van der Waals surface area contributed by atoms with Gasteiger partial charge in [-0.1, -0.05) is 5.21 Å². The molecule has 0 spiro atoms. The predicted molar refractivity (Wildman–Crippen MR) is 113 cm³/mol. The van der Waals surface area contributed by atoms with E-state index in [1.54, 1.807) is 13.1 Å². The molecule has 0 unspecified atom stereocenters. The van der Waals surface area contributed by atoms with E-state index in [0.717, 1.165) is 70.9 Å². The second kappa shape index (κ2) is 14.8. The Bertz CT molecular complexity index is 611. The fourth-order valence-electron chi connectivity index (χ4n) is 3.13. The Labute approximate surface area is 178 Å². The van der Waals surface area contributed by atoms with Gasteiger partial charge in [-0.3, -0.25) is 14.5 Å². The van der Waals surface area contributed by atoms with Crippen molar-refractivity contribution in [2.24, 2.45) is 0 Å². The monoisotopic (exact) mass is 424 g/mol. The van der Waals surface area contributed by atoms with Crippen LogP contribution in [0.1, 0.15) is 25.5 Å². The van der Waals surface area contributed by atoms with E-state index in [1.807, 2.05) is 0 Å². The molecule has 0 bridgehead atoms. The number of hydrogen-bond acceptors (Lipinski definition) is 9. The summed E-state index contributed by atoms with van der Waals surface area (Å²) < 4.78 is 6.28. The van der Waals surface area contributed by atoms with Crippen molar-refractivity contribution in [2.75, 3.05) is 65.5 Å². The van der Waals surface area contributed by atoms with E-state index in [1.165, 1.54) is 4.68 Å². The first-order valence-electron chi connectivity index (χ1n) is 10.8. The zero-order valence-corrected chi connectivity index (χ0v) is 18.0. The van der Waals surface area contributed by atoms with Gasteiger partial charge in [-0.05, 0) is 45.9 Å². The highest BCUT2D eigenvalue weighted by molar-refractivity contribution is 5.81. The maximum Gasteiger partial charge on any atom is 0.325 e. The van der Waals surface area contributed by atoms with Crippen molar-refractivity contribution >= 4 is 11.9 Å². The molecule has 1 aliphatic heterocycles. The third-order valence-electron chi connectivity index (χ3n) is 4.63. The van der Waals surface area contributed by atoms with Crippen molar-refractivity contribution < 1.29 is 14.3 Å². The van der Waals surface area contributed by atoms with E-state index >= 15 is 0 Å². The van der Waals surface area contributed by atoms with E-state index in [9.17, 15) is 9.59 Å². The maximum atomic E-state index is 12.0. The molecule has 0 aromatic carbocycles. The quantitative estimate of drug-likeness (QED) is 0.380. The van der Waals surface area contributed by atoms with Crippen molar-refractivity contribution in [2.45, 2.75) is 32.9 Å². The van der Waals surface area contributed by atoms with Crippen LogP contribution >= 0.6 is 0 Å². The summed E-state index contributed by atoms with van der Waals surface area (Å²) in [4.78, 5) is 25.6. The summed E-state index contributed by atoms with van der Waals surface area (Å²) in [6, 6.07) is 0. The van der Waals surface area contributed by atoms with E-state index in [0.29, 0.717) is 13.2 Å². The van der Waals surface area contributed by atoms with Gasteiger partial charge in [0, 0.05) is 32.7 Å². The molecule has 30 heavy (non-hydrogen) atoms. The number of rotatable bonds is 7. The van der Waals surface area contributed by atoms with Gasteiger partial charge in [-0.15, -0.1) is 5.10 Å². The average molecular weight is 425 g/mol. The van der Waals surface area contributed by atoms with Crippen LogP contribution in [-0.2, 0) is 27.4 Å². The molecule has 1 fully saturated rings. The molecule has 0 radical (unpaired) electrons. The second-order valence-corrected chi connectivity index (χ2v) is 7.22. The summed E-state index contributed by atoms with van der Waals surface area (Å²) in [5.41, 5.74) is 0.825. The van der Waals surface area contributed by atoms with Gasteiger partial charge in [-0.2, -0.15) is 0 Å². The molecule has 1 aromatic heterocycles. The first-order chi connectivity index (χ1) is 14.7. The largest absolute Gasteiger partial charge is 0.465 e. The SMILES string of the molecule is CCOC(=O)CNC(=O)Cn1cc(CN2CCCNCCNCCCNCC2)nn1. The van der Waals surface area contributed by atoms with Gasteiger partial charge in [0.15, 0.2) is 0 Å². The Morgan fingerprint density at radius 2 is 1.80 bits per heavy atom. The van der Waals surface area contributed by atoms with Crippen molar-refractivity contribution in [1.82, 2.24) is 41.2 Å². The summed E-state index contributed by atoms with van der Waals surface area (Å²) in [5, 5.41) is 21.1. The van der Waals surface area contributed by atoms with Crippen LogP contribution in [0.3, 0.4) is 0 Å². The molecule has 0 saturated carbocycles. The molecule has 11 nitrogen and oxygen atoms in total. The van der Waals surface area contributed by atoms with Crippen LogP contribution in [-0.4, -0.2) is 97.3 Å². The number of carbonyl (C=O) groups excluding carboxylic acids is 2. The molecular formula is C19H36N8O3. The molecule has 0 atom stereocenters. The molecule has 0 aliphatic carbocycles. The zero-order chi connectivity index (χ0) is 21.4. The molecule has 1 saturated heterocycles. The molecule has 2 heterocycles. The molecule has 2 rings (SSSR count). The van der Waals surface area contributed by atoms with E-state index in [4.69, 9.17) is 4.74 Å². The highest BCUT2D eigenvalue weighted by atomic mass is 16.5. The van der Waals surface area contributed by atoms with Gasteiger partial charge in [0.05, 0.1) is 18.5 Å². The summed E-state index contributed by atoms with van der Waals surface area (Å²) >= 11 is 0. The van der Waals surface area contributed by atoms with Gasteiger partial charge in [0.2, 0.25) is 5.91 Å². The summed E-state index contributed by atoms with van der Waals surface area (Å²) in [6.07, 6.45) is 3.96. The topological polar surface area (TPSA) is 125 Å². The Hall–Kier alpha value is -2.08. The lowest BCUT2D eigenvalue weighted by Gasteiger charge is -2.22. The van der Waals surface area contributed by atoms with Crippen molar-refractivity contribution in [3.8, 4) is 0 Å². The van der Waals surface area contributed by atoms with E-state index < -0.39 is 5.97 Å². The highest BCUT2D eigenvalue weighted by Gasteiger charge is 2.12. The zero-order valence-electron chi connectivity index (χ0n) is 18.0. The Morgan fingerprint density at radius 1 is 1.07 bits per heavy atom. The lowest BCUT2D eigenvalue weighted by molar-refractivity contribution is -0.143. The number of aromatic nitrogens is 3. The Kier molecular flexibility index (Phi) is 12.0. The number of esters is 1. The summed E-state index contributed by atoms with van der Waals surface area (Å²) in [6.45, 7) is 10.4. The van der Waals surface area contributed by atoms with Gasteiger partial charge in [-0.25, -0.2) is 4.68 Å². The van der Waals surface area contributed by atoms with Crippen LogP contribution in [0.4, 0.5) is 0 Å². The molecule has 1 aliphatic rings. The van der Waals surface area contributed by atoms with Crippen molar-refractivity contribution in [3.63, 3.8) is 0 Å². The number of amides is 1. The van der Waals surface area contributed by atoms with Gasteiger partial charge in [0.25, 0.3) is 0 Å². The highest BCUT2D eigenvalue weighted by Crippen LogP contribution is 2.02. The molecular weight excluding hydrogens is 388 g/mol. The van der Waals surface area contributed by atoms with Gasteiger partial charge in [0.1, 0.15) is 13.1 Å². The van der Waals surface area contributed by atoms with E-state index in [-0.39, 0.29) is 19.0 Å². The van der Waals surface area contributed by atoms with Gasteiger partial charge < -0.3 is 26.0 Å². The maximum absolute atomic E-state index is 12.0. The van der Waals surface area contributed by atoms with Crippen LogP contribution in [0.25, 0.3) is 0 Å². The molecule has 1 aromatic rings. The lowest BCUT2D eigenvalue weighted by atomic mass is 10.3. The first-order valence-corrected chi connectivity index (χ1v) is 10.8. The van der Waals surface area contributed by atoms with Crippen molar-refractivity contribution in [3.05, 3.63) is 11.9 Å². The van der Waals surface area contributed by atoms with Crippen LogP contribution in [0.5, 0.6) is 0 Å². The number of nitrogens with zero attached hydrogens (tertiary/aromatic N) is 4. The summed E-state index contributed by atoms with van der Waals surface area (Å²) in [7, 11) is 0. The third-order valence-corrected chi connectivity index (χ3v) is 4.63. The minimum absolute atomic E-state index is 0.0198. The fraction of sp³-hybridized carbons (Fsp3) is 0.789. The van der Waals surface area contributed by atoms with Gasteiger partial charge >= 0.3 is 5.97 Å². The number of nitrogens with one attached hydrogen (secondary N) is 4. The molecule has 4 N–H and O–H groups in total. The third kappa shape index (κ3) is 10.6. The smallest absolute Gasteiger partial charge is 0.325 e. The van der Waals surface area contributed by atoms with Crippen LogP contribution in [0.15, 0.2) is 6.20 Å². The molecule has 1 amide bonds. The number of carbonyl (C=O) groups is 2.